The minimum Gasteiger partial charge on any atom is -0.303 e. The third-order valence-electron chi connectivity index (χ3n) is 3.60. The van der Waals surface area contributed by atoms with Crippen LogP contribution >= 0.6 is 0 Å². The van der Waals surface area contributed by atoms with E-state index >= 15 is 0 Å². The first-order valence-corrected chi connectivity index (χ1v) is 9.57. The maximum Gasteiger partial charge on any atom is 0.281 e. The molecular formula is C18H20F2N2O2S. The largest absolute Gasteiger partial charge is 0.303 e. The van der Waals surface area contributed by atoms with Gasteiger partial charge in [0, 0.05) is 24.6 Å². The molecule has 0 aliphatic heterocycles. The molecule has 1 aromatic carbocycles. The third-order valence-corrected chi connectivity index (χ3v) is 4.73. The predicted octanol–water partition coefficient (Wildman–Crippen LogP) is 4.28. The van der Waals surface area contributed by atoms with Gasteiger partial charge in [-0.1, -0.05) is 23.8 Å². The van der Waals surface area contributed by atoms with E-state index in [-0.39, 0.29) is 10.6 Å². The molecule has 0 aliphatic carbocycles. The molecule has 2 aromatic rings. The second-order valence-corrected chi connectivity index (χ2v) is 7.69. The van der Waals surface area contributed by atoms with E-state index in [0.717, 1.165) is 11.8 Å². The van der Waals surface area contributed by atoms with Crippen molar-refractivity contribution in [2.24, 2.45) is 0 Å². The van der Waals surface area contributed by atoms with Crippen molar-refractivity contribution in [1.82, 2.24) is 9.55 Å². The lowest BCUT2D eigenvalue weighted by atomic mass is 10.2. The Labute approximate surface area is 146 Å². The number of benzene rings is 1. The van der Waals surface area contributed by atoms with Gasteiger partial charge < -0.3 is 4.57 Å². The fraction of sp³-hybridized carbons (Fsp3) is 0.278. The van der Waals surface area contributed by atoms with Gasteiger partial charge in [0.15, 0.2) is 9.84 Å². The molecule has 0 saturated heterocycles. The van der Waals surface area contributed by atoms with Crippen LogP contribution in [0.2, 0.25) is 0 Å². The number of hydrogen-bond donors (Lipinski definition) is 0. The highest BCUT2D eigenvalue weighted by atomic mass is 32.2. The van der Waals surface area contributed by atoms with E-state index in [4.69, 9.17) is 0 Å². The van der Waals surface area contributed by atoms with Crippen molar-refractivity contribution in [1.29, 1.82) is 0 Å². The normalized spacial score (nSPS) is 13.1. The van der Waals surface area contributed by atoms with Gasteiger partial charge in [0.05, 0.1) is 4.90 Å². The van der Waals surface area contributed by atoms with Crippen LogP contribution in [-0.4, -0.2) is 24.2 Å². The first-order chi connectivity index (χ1) is 11.7. The van der Waals surface area contributed by atoms with Gasteiger partial charge in [-0.25, -0.2) is 22.2 Å². The van der Waals surface area contributed by atoms with Gasteiger partial charge in [-0.3, -0.25) is 0 Å². The van der Waals surface area contributed by atoms with Crippen LogP contribution in [0.15, 0.2) is 59.2 Å². The van der Waals surface area contributed by atoms with Crippen LogP contribution in [0.3, 0.4) is 0 Å². The number of sulfone groups is 1. The fourth-order valence-electron chi connectivity index (χ4n) is 2.35. The monoisotopic (exact) mass is 366 g/mol. The van der Waals surface area contributed by atoms with Gasteiger partial charge in [-0.05, 0) is 38.1 Å². The summed E-state index contributed by atoms with van der Waals surface area (Å²) in [4.78, 5) is 4.19. The van der Waals surface area contributed by atoms with E-state index in [9.17, 15) is 17.2 Å². The number of nitrogens with zero attached hydrogens (tertiary/aromatic N) is 2. The van der Waals surface area contributed by atoms with E-state index in [1.54, 1.807) is 16.7 Å². The number of rotatable bonds is 6. The summed E-state index contributed by atoms with van der Waals surface area (Å²) in [6.07, 6.45) is 5.84. The third kappa shape index (κ3) is 4.85. The molecule has 2 rings (SSSR count). The van der Waals surface area contributed by atoms with Crippen LogP contribution in [0.1, 0.15) is 31.8 Å². The highest BCUT2D eigenvalue weighted by Gasteiger charge is 2.16. The number of hydrogen-bond acceptors (Lipinski definition) is 3. The summed E-state index contributed by atoms with van der Waals surface area (Å²) >= 11 is 0. The Hall–Kier alpha value is -2.28. The maximum atomic E-state index is 13.0. The molecule has 0 amide bonds. The van der Waals surface area contributed by atoms with Gasteiger partial charge in [-0.2, -0.15) is 0 Å². The molecule has 0 aliphatic rings. The molecular weight excluding hydrogens is 346 g/mol. The van der Waals surface area contributed by atoms with Crippen LogP contribution in [0.4, 0.5) is 8.78 Å². The van der Waals surface area contributed by atoms with Gasteiger partial charge in [-0.15, -0.1) is 0 Å². The molecule has 4 nitrogen and oxygen atoms in total. The van der Waals surface area contributed by atoms with Crippen LogP contribution in [-0.2, 0) is 16.3 Å². The molecule has 0 saturated carbocycles. The molecule has 1 heterocycles. The van der Waals surface area contributed by atoms with E-state index in [0.29, 0.717) is 17.9 Å². The number of allylic oxidation sites excluding steroid dienone is 4. The predicted molar refractivity (Wildman–Crippen MR) is 93.9 cm³/mol. The summed E-state index contributed by atoms with van der Waals surface area (Å²) in [5, 5.41) is 0. The zero-order valence-electron chi connectivity index (χ0n) is 14.3. The van der Waals surface area contributed by atoms with E-state index in [1.165, 1.54) is 18.3 Å². The van der Waals surface area contributed by atoms with Crippen molar-refractivity contribution in [3.05, 3.63) is 65.8 Å². The first kappa shape index (κ1) is 19.1. The number of alkyl halides is 2. The number of aromatic nitrogens is 2. The minimum atomic E-state index is -3.31. The van der Waals surface area contributed by atoms with Crippen LogP contribution < -0.4 is 0 Å². The van der Waals surface area contributed by atoms with Crippen molar-refractivity contribution in [2.75, 3.05) is 6.26 Å². The van der Waals surface area contributed by atoms with Crippen molar-refractivity contribution < 1.29 is 17.2 Å². The Morgan fingerprint density at radius 2 is 1.92 bits per heavy atom. The number of halogens is 2. The average Bonchev–Trinajstić information content (AvgIpc) is 2.97. The molecule has 0 fully saturated rings. The average molecular weight is 366 g/mol. The van der Waals surface area contributed by atoms with Crippen molar-refractivity contribution in [3.63, 3.8) is 0 Å². The van der Waals surface area contributed by atoms with Crippen LogP contribution in [0, 0.1) is 0 Å². The Kier molecular flexibility index (Phi) is 5.89. The highest BCUT2D eigenvalue weighted by molar-refractivity contribution is 7.90. The molecule has 134 valence electrons. The van der Waals surface area contributed by atoms with Crippen molar-refractivity contribution in [3.8, 4) is 5.69 Å². The lowest BCUT2D eigenvalue weighted by molar-refractivity contribution is 0.146. The smallest absolute Gasteiger partial charge is 0.281 e. The van der Waals surface area contributed by atoms with Crippen LogP contribution in [0.25, 0.3) is 5.69 Å². The van der Waals surface area contributed by atoms with Crippen LogP contribution in [0.5, 0.6) is 0 Å². The summed E-state index contributed by atoms with van der Waals surface area (Å²) in [5.41, 5.74) is 1.28. The van der Waals surface area contributed by atoms with Gasteiger partial charge in [0.1, 0.15) is 11.5 Å². The van der Waals surface area contributed by atoms with Gasteiger partial charge in [0.2, 0.25) is 0 Å². The fourth-order valence-corrected chi connectivity index (χ4v) is 2.98. The second kappa shape index (κ2) is 7.74. The van der Waals surface area contributed by atoms with Gasteiger partial charge in [0.25, 0.3) is 6.43 Å². The first-order valence-electron chi connectivity index (χ1n) is 7.68. The summed E-state index contributed by atoms with van der Waals surface area (Å²) in [7, 11) is -3.31. The summed E-state index contributed by atoms with van der Waals surface area (Å²) in [6, 6.07) is 6.08. The Balaban J connectivity index is 2.43. The Morgan fingerprint density at radius 1 is 1.28 bits per heavy atom. The zero-order chi connectivity index (χ0) is 18.6. The highest BCUT2D eigenvalue weighted by Crippen LogP contribution is 2.22. The van der Waals surface area contributed by atoms with Gasteiger partial charge >= 0.3 is 0 Å². The maximum absolute atomic E-state index is 13.0. The zero-order valence-corrected chi connectivity index (χ0v) is 15.1. The molecule has 0 radical (unpaired) electrons. The Bertz CT molecular complexity index is 896. The summed E-state index contributed by atoms with van der Waals surface area (Å²) in [6.45, 7) is 3.82. The summed E-state index contributed by atoms with van der Waals surface area (Å²) < 4.78 is 50.7. The van der Waals surface area contributed by atoms with Crippen molar-refractivity contribution in [2.45, 2.75) is 31.6 Å². The summed E-state index contributed by atoms with van der Waals surface area (Å²) in [5.74, 6) is 0.464. The van der Waals surface area contributed by atoms with E-state index in [1.807, 2.05) is 32.1 Å². The molecule has 0 spiro atoms. The topological polar surface area (TPSA) is 52.0 Å². The quantitative estimate of drug-likeness (QED) is 0.717. The number of imidazole rings is 1. The van der Waals surface area contributed by atoms with E-state index in [2.05, 4.69) is 4.98 Å². The lowest BCUT2D eigenvalue weighted by Crippen LogP contribution is -2.01. The Morgan fingerprint density at radius 3 is 2.44 bits per heavy atom. The molecule has 0 atom stereocenters. The molecule has 0 bridgehead atoms. The standard InChI is InChI=1S/C18H20F2N2O2S/c1-4-5-13(2)6-11-17-21-16(18(19)20)12-22(17)14-7-9-15(10-8-14)25(3,23)24/h4-10,12,18H,11H2,1-3H3/b5-4-,13-6-. The second-order valence-electron chi connectivity index (χ2n) is 5.67. The van der Waals surface area contributed by atoms with E-state index < -0.39 is 16.3 Å². The molecule has 7 heteroatoms. The molecule has 0 unspecified atom stereocenters. The molecule has 0 N–H and O–H groups in total. The SMILES string of the molecule is C/C=C\C(C)=C/Cc1nc(C(F)F)cn1-c1ccc(S(C)(=O)=O)cc1. The lowest BCUT2D eigenvalue weighted by Gasteiger charge is -2.07. The molecule has 1 aromatic heterocycles. The molecule has 25 heavy (non-hydrogen) atoms. The van der Waals surface area contributed by atoms with Crippen molar-refractivity contribution >= 4 is 9.84 Å². The minimum absolute atomic E-state index is 0.177.